The Labute approximate surface area is 75.4 Å². The molecule has 0 fully saturated rings. The van der Waals surface area contributed by atoms with E-state index in [9.17, 15) is 0 Å². The van der Waals surface area contributed by atoms with E-state index in [1.165, 1.54) is 13.0 Å². The van der Waals surface area contributed by atoms with Gasteiger partial charge in [0.25, 0.3) is 0 Å². The predicted molar refractivity (Wildman–Crippen MR) is 53.0 cm³/mol. The first-order valence-electron chi connectivity index (χ1n) is 4.71. The fourth-order valence-corrected chi connectivity index (χ4v) is 1.50. The van der Waals surface area contributed by atoms with E-state index in [0.717, 1.165) is 19.6 Å². The number of hydrogen-bond donors (Lipinski definition) is 1. The minimum absolute atomic E-state index is 0.269. The van der Waals surface area contributed by atoms with Crippen LogP contribution in [0.2, 0.25) is 0 Å². The molecule has 0 aromatic heterocycles. The van der Waals surface area contributed by atoms with E-state index in [1.54, 1.807) is 0 Å². The summed E-state index contributed by atoms with van der Waals surface area (Å²) in [5, 5.41) is 0. The van der Waals surface area contributed by atoms with E-state index >= 15 is 0 Å². The van der Waals surface area contributed by atoms with Crippen molar-refractivity contribution in [1.82, 2.24) is 4.90 Å². The molecule has 0 aromatic rings. The third-order valence-electron chi connectivity index (χ3n) is 2.35. The molecule has 0 amide bonds. The van der Waals surface area contributed by atoms with Gasteiger partial charge in [0.1, 0.15) is 0 Å². The molecule has 2 nitrogen and oxygen atoms in total. The van der Waals surface area contributed by atoms with Crippen molar-refractivity contribution >= 4 is 0 Å². The molecule has 0 spiro atoms. The average Bonchev–Trinajstić information content (AvgIpc) is 2.06. The predicted octanol–water partition coefficient (Wildman–Crippen LogP) is 1.23. The maximum Gasteiger partial charge on any atom is 0.0163 e. The van der Waals surface area contributed by atoms with Gasteiger partial charge >= 0.3 is 0 Å². The summed E-state index contributed by atoms with van der Waals surface area (Å²) in [6.07, 6.45) is 5.70. The first kappa shape index (κ1) is 9.75. The molecule has 0 aromatic carbocycles. The van der Waals surface area contributed by atoms with Gasteiger partial charge in [-0.3, -0.25) is 4.90 Å². The Balaban J connectivity index is 2.35. The molecule has 2 N–H and O–H groups in total. The summed E-state index contributed by atoms with van der Waals surface area (Å²) in [6, 6.07) is 0. The molecule has 0 saturated heterocycles. The van der Waals surface area contributed by atoms with Crippen LogP contribution in [0.5, 0.6) is 0 Å². The largest absolute Gasteiger partial charge is 0.330 e. The van der Waals surface area contributed by atoms with Crippen LogP contribution >= 0.6 is 0 Å². The van der Waals surface area contributed by atoms with Gasteiger partial charge in [0.05, 0.1) is 0 Å². The molecule has 0 bridgehead atoms. The van der Waals surface area contributed by atoms with Crippen LogP contribution in [0.4, 0.5) is 0 Å². The van der Waals surface area contributed by atoms with E-state index in [4.69, 9.17) is 5.73 Å². The van der Waals surface area contributed by atoms with Gasteiger partial charge in [0.15, 0.2) is 0 Å². The molecule has 1 aliphatic rings. The van der Waals surface area contributed by atoms with Crippen molar-refractivity contribution in [2.45, 2.75) is 20.3 Å². The lowest BCUT2D eigenvalue weighted by Gasteiger charge is -2.32. The van der Waals surface area contributed by atoms with E-state index in [-0.39, 0.29) is 5.41 Å². The van der Waals surface area contributed by atoms with Crippen molar-refractivity contribution in [2.75, 3.05) is 26.2 Å². The fraction of sp³-hybridized carbons (Fsp3) is 0.800. The van der Waals surface area contributed by atoms with Gasteiger partial charge in [0, 0.05) is 19.6 Å². The fourth-order valence-electron chi connectivity index (χ4n) is 1.50. The van der Waals surface area contributed by atoms with Crippen LogP contribution in [0.1, 0.15) is 20.3 Å². The van der Waals surface area contributed by atoms with Crippen LogP contribution in [0.15, 0.2) is 12.2 Å². The van der Waals surface area contributed by atoms with Gasteiger partial charge in [-0.25, -0.2) is 0 Å². The smallest absolute Gasteiger partial charge is 0.0163 e. The molecule has 0 atom stereocenters. The molecule has 0 radical (unpaired) electrons. The molecule has 12 heavy (non-hydrogen) atoms. The van der Waals surface area contributed by atoms with Gasteiger partial charge in [-0.05, 0) is 18.4 Å². The van der Waals surface area contributed by atoms with Gasteiger partial charge < -0.3 is 5.73 Å². The highest BCUT2D eigenvalue weighted by Crippen LogP contribution is 2.16. The Hall–Kier alpha value is -0.340. The normalized spacial score (nSPS) is 19.9. The molecule has 1 heterocycles. The lowest BCUT2D eigenvalue weighted by atomic mass is 9.93. The van der Waals surface area contributed by atoms with Gasteiger partial charge in [-0.1, -0.05) is 26.0 Å². The van der Waals surface area contributed by atoms with Crippen LogP contribution in [0.25, 0.3) is 0 Å². The summed E-state index contributed by atoms with van der Waals surface area (Å²) in [7, 11) is 0. The van der Waals surface area contributed by atoms with Crippen molar-refractivity contribution in [1.29, 1.82) is 0 Å². The van der Waals surface area contributed by atoms with Crippen molar-refractivity contribution in [3.8, 4) is 0 Å². The van der Waals surface area contributed by atoms with Crippen molar-refractivity contribution in [3.63, 3.8) is 0 Å². The van der Waals surface area contributed by atoms with Crippen LogP contribution in [-0.4, -0.2) is 31.1 Å². The van der Waals surface area contributed by atoms with E-state index < -0.39 is 0 Å². The quantitative estimate of drug-likeness (QED) is 0.642. The first-order chi connectivity index (χ1) is 5.64. The maximum atomic E-state index is 5.68. The Morgan fingerprint density at radius 1 is 1.42 bits per heavy atom. The summed E-state index contributed by atoms with van der Waals surface area (Å²) in [5.41, 5.74) is 5.95. The second-order valence-electron chi connectivity index (χ2n) is 4.36. The molecule has 1 aliphatic heterocycles. The number of rotatable bonds is 3. The Morgan fingerprint density at radius 2 is 2.17 bits per heavy atom. The van der Waals surface area contributed by atoms with Gasteiger partial charge in [-0.15, -0.1) is 0 Å². The minimum atomic E-state index is 0.269. The number of nitrogens with two attached hydrogens (primary N) is 1. The summed E-state index contributed by atoms with van der Waals surface area (Å²) < 4.78 is 0. The number of hydrogen-bond acceptors (Lipinski definition) is 2. The average molecular weight is 168 g/mol. The van der Waals surface area contributed by atoms with E-state index in [2.05, 4.69) is 30.9 Å². The maximum absolute atomic E-state index is 5.68. The highest BCUT2D eigenvalue weighted by Gasteiger charge is 2.19. The van der Waals surface area contributed by atoms with Gasteiger partial charge in [-0.2, -0.15) is 0 Å². The zero-order chi connectivity index (χ0) is 9.03. The van der Waals surface area contributed by atoms with Crippen LogP contribution in [0.3, 0.4) is 0 Å². The van der Waals surface area contributed by atoms with Crippen LogP contribution in [0, 0.1) is 5.41 Å². The summed E-state index contributed by atoms with van der Waals surface area (Å²) >= 11 is 0. The molecule has 70 valence electrons. The Bertz CT molecular complexity index is 161. The summed E-state index contributed by atoms with van der Waals surface area (Å²) in [6.45, 7) is 8.64. The van der Waals surface area contributed by atoms with E-state index in [0.29, 0.717) is 0 Å². The lowest BCUT2D eigenvalue weighted by molar-refractivity contribution is 0.196. The van der Waals surface area contributed by atoms with E-state index in [1.807, 2.05) is 0 Å². The molecule has 0 unspecified atom stereocenters. The third kappa shape index (κ3) is 2.95. The highest BCUT2D eigenvalue weighted by molar-refractivity contribution is 4.92. The molecule has 2 heteroatoms. The van der Waals surface area contributed by atoms with Crippen molar-refractivity contribution in [3.05, 3.63) is 12.2 Å². The molecular weight excluding hydrogens is 148 g/mol. The zero-order valence-corrected chi connectivity index (χ0v) is 8.21. The monoisotopic (exact) mass is 168 g/mol. The molecule has 1 rings (SSSR count). The van der Waals surface area contributed by atoms with Crippen LogP contribution < -0.4 is 5.73 Å². The Morgan fingerprint density at radius 3 is 2.67 bits per heavy atom. The van der Waals surface area contributed by atoms with Gasteiger partial charge in [0.2, 0.25) is 0 Å². The minimum Gasteiger partial charge on any atom is -0.330 e. The van der Waals surface area contributed by atoms with Crippen molar-refractivity contribution in [2.24, 2.45) is 11.1 Å². The lowest BCUT2D eigenvalue weighted by Crippen LogP contribution is -2.40. The second-order valence-corrected chi connectivity index (χ2v) is 4.36. The highest BCUT2D eigenvalue weighted by atomic mass is 15.1. The first-order valence-corrected chi connectivity index (χ1v) is 4.71. The Kier molecular flexibility index (Phi) is 3.29. The van der Waals surface area contributed by atoms with Crippen LogP contribution in [-0.2, 0) is 0 Å². The summed E-state index contributed by atoms with van der Waals surface area (Å²) in [4.78, 5) is 2.47. The summed E-state index contributed by atoms with van der Waals surface area (Å²) in [5.74, 6) is 0. The molecule has 0 aliphatic carbocycles. The zero-order valence-electron chi connectivity index (χ0n) is 8.21. The molecule has 0 saturated carbocycles. The third-order valence-corrected chi connectivity index (χ3v) is 2.35. The SMILES string of the molecule is CC(C)(CN)CN1CC=CCC1. The standard InChI is InChI=1S/C10H20N2/c1-10(2,8-11)9-12-6-4-3-5-7-12/h3-4H,5-9,11H2,1-2H3. The topological polar surface area (TPSA) is 29.3 Å². The molecular formula is C10H20N2. The van der Waals surface area contributed by atoms with Crippen molar-refractivity contribution < 1.29 is 0 Å². The number of nitrogens with zero attached hydrogens (tertiary/aromatic N) is 1. The second kappa shape index (κ2) is 4.06.